The molecule has 6 nitrogen and oxygen atoms in total. The smallest absolute Gasteiger partial charge is 0.433 e. The Morgan fingerprint density at radius 1 is 1.40 bits per heavy atom. The van der Waals surface area contributed by atoms with E-state index in [0.717, 1.165) is 17.4 Å². The summed E-state index contributed by atoms with van der Waals surface area (Å²) >= 11 is 0.834. The van der Waals surface area contributed by atoms with Crippen molar-refractivity contribution in [3.8, 4) is 0 Å². The van der Waals surface area contributed by atoms with Gasteiger partial charge in [-0.25, -0.2) is 9.78 Å². The molecule has 1 amide bonds. The highest BCUT2D eigenvalue weighted by molar-refractivity contribution is 7.20. The quantitative estimate of drug-likeness (QED) is 0.874. The Kier molecular flexibility index (Phi) is 4.41. The fourth-order valence-electron chi connectivity index (χ4n) is 2.64. The molecule has 1 N–H and O–H groups in total. The van der Waals surface area contributed by atoms with Gasteiger partial charge in [0.1, 0.15) is 10.5 Å². The number of carbonyl (C=O) groups excluding carboxylic acids is 1. The number of fused-ring (bicyclic) bond motifs is 1. The summed E-state index contributed by atoms with van der Waals surface area (Å²) in [5.41, 5.74) is -0.545. The molecule has 0 saturated carbocycles. The molecular formula is C15H13F3N2O4S. The van der Waals surface area contributed by atoms with Crippen LogP contribution < -0.4 is 0 Å². The number of thiophene rings is 1. The summed E-state index contributed by atoms with van der Waals surface area (Å²) in [6.07, 6.45) is -4.57. The lowest BCUT2D eigenvalue weighted by Gasteiger charge is -2.32. The summed E-state index contributed by atoms with van der Waals surface area (Å²) < 4.78 is 43.5. The van der Waals surface area contributed by atoms with Crippen molar-refractivity contribution in [1.29, 1.82) is 0 Å². The molecule has 0 spiro atoms. The minimum absolute atomic E-state index is 0.0933. The lowest BCUT2D eigenvalue weighted by atomic mass is 10.1. The van der Waals surface area contributed by atoms with Crippen molar-refractivity contribution in [1.82, 2.24) is 9.88 Å². The third-order valence-electron chi connectivity index (χ3n) is 3.96. The highest BCUT2D eigenvalue weighted by Gasteiger charge is 2.36. The van der Waals surface area contributed by atoms with Crippen LogP contribution in [0.15, 0.2) is 12.1 Å². The summed E-state index contributed by atoms with van der Waals surface area (Å²) in [4.78, 5) is 29.1. The number of amides is 1. The van der Waals surface area contributed by atoms with Gasteiger partial charge in [0, 0.05) is 11.9 Å². The first kappa shape index (κ1) is 17.6. The molecule has 1 unspecified atom stereocenters. The number of hydrogen-bond acceptors (Lipinski definition) is 5. The Morgan fingerprint density at radius 3 is 2.76 bits per heavy atom. The fraction of sp³-hybridized carbons (Fsp3) is 0.400. The number of hydrogen-bond donors (Lipinski definition) is 1. The van der Waals surface area contributed by atoms with E-state index in [-0.39, 0.29) is 29.5 Å². The largest absolute Gasteiger partial charge is 0.480 e. The van der Waals surface area contributed by atoms with E-state index in [0.29, 0.717) is 10.9 Å². The number of rotatable bonds is 2. The summed E-state index contributed by atoms with van der Waals surface area (Å²) in [5, 5.41) is 9.68. The lowest BCUT2D eigenvalue weighted by Crippen LogP contribution is -2.52. The van der Waals surface area contributed by atoms with Crippen molar-refractivity contribution in [2.24, 2.45) is 0 Å². The number of aryl methyl sites for hydroxylation is 1. The van der Waals surface area contributed by atoms with Crippen LogP contribution in [0.25, 0.3) is 10.2 Å². The van der Waals surface area contributed by atoms with Gasteiger partial charge in [-0.15, -0.1) is 11.3 Å². The van der Waals surface area contributed by atoms with Gasteiger partial charge in [-0.1, -0.05) is 0 Å². The van der Waals surface area contributed by atoms with Gasteiger partial charge in [-0.2, -0.15) is 13.2 Å². The summed E-state index contributed by atoms with van der Waals surface area (Å²) in [6, 6.07) is 1.02. The average Bonchev–Trinajstić information content (AvgIpc) is 2.90. The minimum Gasteiger partial charge on any atom is -0.480 e. The average molecular weight is 374 g/mol. The molecule has 1 aliphatic rings. The number of aliphatic carboxylic acids is 1. The summed E-state index contributed by atoms with van der Waals surface area (Å²) in [6.45, 7) is 1.79. The zero-order chi connectivity index (χ0) is 18.4. The SMILES string of the molecule is Cc1c(C(=O)N2CCOCC2C(=O)O)sc2nc(C(F)(F)F)ccc12. The zero-order valence-electron chi connectivity index (χ0n) is 13.0. The Bertz CT molecular complexity index is 849. The van der Waals surface area contributed by atoms with E-state index >= 15 is 0 Å². The molecule has 0 bridgehead atoms. The van der Waals surface area contributed by atoms with Gasteiger partial charge in [0.05, 0.1) is 18.1 Å². The van der Waals surface area contributed by atoms with E-state index in [2.05, 4.69) is 4.98 Å². The fourth-order valence-corrected chi connectivity index (χ4v) is 3.78. The highest BCUT2D eigenvalue weighted by Crippen LogP contribution is 2.35. The van der Waals surface area contributed by atoms with Gasteiger partial charge in [-0.3, -0.25) is 4.79 Å². The van der Waals surface area contributed by atoms with Crippen molar-refractivity contribution in [2.75, 3.05) is 19.8 Å². The maximum Gasteiger partial charge on any atom is 0.433 e. The van der Waals surface area contributed by atoms with Crippen LogP contribution in [0.5, 0.6) is 0 Å². The molecule has 1 fully saturated rings. The van der Waals surface area contributed by atoms with Gasteiger partial charge >= 0.3 is 12.1 Å². The van der Waals surface area contributed by atoms with Gasteiger partial charge in [0.25, 0.3) is 5.91 Å². The molecule has 0 radical (unpaired) electrons. The number of morpholine rings is 1. The maximum absolute atomic E-state index is 12.8. The number of carbonyl (C=O) groups is 2. The van der Waals surface area contributed by atoms with Crippen molar-refractivity contribution >= 4 is 33.4 Å². The molecule has 3 rings (SSSR count). The van der Waals surface area contributed by atoms with Gasteiger partial charge in [-0.05, 0) is 24.6 Å². The van der Waals surface area contributed by atoms with Gasteiger partial charge in [0.15, 0.2) is 6.04 Å². The topological polar surface area (TPSA) is 79.7 Å². The predicted octanol–water partition coefficient (Wildman–Crippen LogP) is 2.55. The second-order valence-electron chi connectivity index (χ2n) is 5.53. The van der Waals surface area contributed by atoms with Crippen LogP contribution >= 0.6 is 11.3 Å². The van der Waals surface area contributed by atoms with E-state index in [9.17, 15) is 27.9 Å². The second-order valence-corrected chi connectivity index (χ2v) is 6.53. The van der Waals surface area contributed by atoms with E-state index in [1.165, 1.54) is 11.0 Å². The molecule has 3 heterocycles. The monoisotopic (exact) mass is 374 g/mol. The number of alkyl halides is 3. The Morgan fingerprint density at radius 2 is 2.12 bits per heavy atom. The molecule has 1 aliphatic heterocycles. The van der Waals surface area contributed by atoms with Crippen LogP contribution in [0, 0.1) is 6.92 Å². The number of aromatic nitrogens is 1. The zero-order valence-corrected chi connectivity index (χ0v) is 13.8. The van der Waals surface area contributed by atoms with Crippen LogP contribution in [-0.2, 0) is 15.7 Å². The number of pyridine rings is 1. The number of carboxylic acids is 1. The Labute approximate surface area is 143 Å². The van der Waals surface area contributed by atoms with Crippen molar-refractivity contribution < 1.29 is 32.6 Å². The second kappa shape index (κ2) is 6.26. The molecule has 25 heavy (non-hydrogen) atoms. The molecule has 0 aromatic carbocycles. The van der Waals surface area contributed by atoms with E-state index in [4.69, 9.17) is 4.74 Å². The molecule has 134 valence electrons. The number of halogens is 3. The lowest BCUT2D eigenvalue weighted by molar-refractivity contribution is -0.147. The van der Waals surface area contributed by atoms with E-state index in [1.807, 2.05) is 0 Å². The Balaban J connectivity index is 2.01. The van der Waals surface area contributed by atoms with Crippen LogP contribution in [-0.4, -0.2) is 52.7 Å². The third-order valence-corrected chi connectivity index (χ3v) is 5.15. The Hall–Kier alpha value is -2.20. The van der Waals surface area contributed by atoms with Crippen LogP contribution in [0.1, 0.15) is 20.9 Å². The number of nitrogens with zero attached hydrogens (tertiary/aromatic N) is 2. The van der Waals surface area contributed by atoms with E-state index in [1.54, 1.807) is 6.92 Å². The minimum atomic E-state index is -4.57. The van der Waals surface area contributed by atoms with Crippen molar-refractivity contribution in [2.45, 2.75) is 19.1 Å². The first-order valence-electron chi connectivity index (χ1n) is 7.29. The van der Waals surface area contributed by atoms with Crippen LogP contribution in [0.3, 0.4) is 0 Å². The van der Waals surface area contributed by atoms with Crippen molar-refractivity contribution in [3.05, 3.63) is 28.3 Å². The van der Waals surface area contributed by atoms with Crippen molar-refractivity contribution in [3.63, 3.8) is 0 Å². The molecule has 1 atom stereocenters. The first-order chi connectivity index (χ1) is 11.7. The van der Waals surface area contributed by atoms with Gasteiger partial charge in [0.2, 0.25) is 0 Å². The molecule has 2 aromatic heterocycles. The highest BCUT2D eigenvalue weighted by atomic mass is 32.1. The standard InChI is InChI=1S/C15H13F3N2O4S/c1-7-8-2-3-10(15(16,17)18)19-12(8)25-11(7)13(21)20-4-5-24-6-9(20)14(22)23/h2-3,9H,4-6H2,1H3,(H,22,23). The third kappa shape index (κ3) is 3.19. The molecule has 1 saturated heterocycles. The summed E-state index contributed by atoms with van der Waals surface area (Å²) in [7, 11) is 0. The molecule has 2 aromatic rings. The van der Waals surface area contributed by atoms with E-state index < -0.39 is 29.8 Å². The van der Waals surface area contributed by atoms with Crippen LogP contribution in [0.2, 0.25) is 0 Å². The van der Waals surface area contributed by atoms with Crippen LogP contribution in [0.4, 0.5) is 13.2 Å². The molecular weight excluding hydrogens is 361 g/mol. The van der Waals surface area contributed by atoms with Gasteiger partial charge < -0.3 is 14.7 Å². The number of carboxylic acid groups (broad SMARTS) is 1. The predicted molar refractivity (Wildman–Crippen MR) is 82.6 cm³/mol. The molecule has 10 heteroatoms. The first-order valence-corrected chi connectivity index (χ1v) is 8.10. The number of ether oxygens (including phenoxy) is 1. The maximum atomic E-state index is 12.8. The molecule has 0 aliphatic carbocycles. The normalized spacial score (nSPS) is 18.6. The summed E-state index contributed by atoms with van der Waals surface area (Å²) in [5.74, 6) is -1.73.